The Balaban J connectivity index is 0. The zero-order chi connectivity index (χ0) is 20.4. The Morgan fingerprint density at radius 1 is 1.29 bits per heavy atom. The topological polar surface area (TPSA) is 109 Å². The van der Waals surface area contributed by atoms with E-state index in [9.17, 15) is 9.59 Å². The van der Waals surface area contributed by atoms with Crippen LogP contribution in [0.2, 0.25) is 0 Å². The first-order valence-corrected chi connectivity index (χ1v) is 9.66. The average Bonchev–Trinajstić information content (AvgIpc) is 2.69. The summed E-state index contributed by atoms with van der Waals surface area (Å²) in [6.45, 7) is 8.12. The Morgan fingerprint density at radius 3 is 2.68 bits per heavy atom. The number of ketones is 1. The highest BCUT2D eigenvalue weighted by molar-refractivity contribution is 6.03. The van der Waals surface area contributed by atoms with Gasteiger partial charge in [-0.1, -0.05) is 20.8 Å². The van der Waals surface area contributed by atoms with Crippen molar-refractivity contribution in [1.82, 2.24) is 25.6 Å². The van der Waals surface area contributed by atoms with Gasteiger partial charge in [-0.2, -0.15) is 0 Å². The molecule has 0 aromatic carbocycles. The molecule has 0 unspecified atom stereocenters. The van der Waals surface area contributed by atoms with Gasteiger partial charge in [0.1, 0.15) is 12.0 Å². The molecule has 2 aromatic heterocycles. The van der Waals surface area contributed by atoms with Gasteiger partial charge in [0.2, 0.25) is 5.91 Å². The van der Waals surface area contributed by atoms with Crippen molar-refractivity contribution in [2.45, 2.75) is 39.7 Å². The minimum atomic E-state index is -0.227. The molecule has 8 nitrogen and oxygen atoms in total. The maximum Gasteiger partial charge on any atom is 0.238 e. The van der Waals surface area contributed by atoms with Crippen molar-refractivity contribution in [2.24, 2.45) is 0 Å². The predicted octanol–water partition coefficient (Wildman–Crippen LogP) is 2.64. The summed E-state index contributed by atoms with van der Waals surface area (Å²) in [6, 6.07) is 3.65. The minimum Gasteiger partial charge on any atom is -0.323 e. The number of pyridine rings is 1. The summed E-state index contributed by atoms with van der Waals surface area (Å²) >= 11 is 0. The largest absolute Gasteiger partial charge is 0.323 e. The molecular weight excluding hydrogens is 356 g/mol. The lowest BCUT2D eigenvalue weighted by molar-refractivity contribution is -0.115. The average molecular weight is 391 g/mol. The van der Waals surface area contributed by atoms with Gasteiger partial charge in [0.15, 0.2) is 5.78 Å². The molecule has 0 aliphatic carbocycles. The fraction of sp³-hybridized carbons (Fsp3) is 0.450. The van der Waals surface area contributed by atoms with Gasteiger partial charge in [-0.25, -0.2) is 9.97 Å². The second-order valence-electron chi connectivity index (χ2n) is 6.15. The molecule has 1 saturated heterocycles. The van der Waals surface area contributed by atoms with Gasteiger partial charge < -0.3 is 16.0 Å². The highest BCUT2D eigenvalue weighted by atomic mass is 16.2. The first kappa shape index (κ1) is 21.6. The van der Waals surface area contributed by atoms with E-state index in [1.54, 1.807) is 25.4 Å². The molecule has 3 rings (SSSR count). The maximum atomic E-state index is 12.3. The zero-order valence-corrected chi connectivity index (χ0v) is 16.7. The van der Waals surface area contributed by atoms with Crippen LogP contribution in [-0.2, 0) is 11.3 Å². The van der Waals surface area contributed by atoms with Gasteiger partial charge in [-0.3, -0.25) is 14.6 Å². The van der Waals surface area contributed by atoms with Crippen LogP contribution in [0, 0.1) is 0 Å². The SMILES string of the molecule is CC.CCC(=O)c1ncc(C2CNC2)cc1NC(=O)CNCc1ccncn1.[HH].[HH].[HH]. The molecule has 2 aromatic rings. The van der Waals surface area contributed by atoms with Crippen molar-refractivity contribution >= 4 is 17.4 Å². The molecule has 3 N–H and O–H groups in total. The number of rotatable bonds is 8. The van der Waals surface area contributed by atoms with Gasteiger partial charge in [0.05, 0.1) is 17.9 Å². The van der Waals surface area contributed by atoms with E-state index < -0.39 is 0 Å². The molecule has 1 fully saturated rings. The second-order valence-corrected chi connectivity index (χ2v) is 6.15. The zero-order valence-electron chi connectivity index (χ0n) is 16.7. The van der Waals surface area contributed by atoms with Gasteiger partial charge in [0, 0.05) is 48.6 Å². The van der Waals surface area contributed by atoms with E-state index in [4.69, 9.17) is 0 Å². The van der Waals surface area contributed by atoms with Crippen LogP contribution in [0.15, 0.2) is 30.9 Å². The Kier molecular flexibility index (Phi) is 8.64. The summed E-state index contributed by atoms with van der Waals surface area (Å²) in [7, 11) is 0. The molecule has 0 atom stereocenters. The van der Waals surface area contributed by atoms with Crippen LogP contribution in [0.5, 0.6) is 0 Å². The summed E-state index contributed by atoms with van der Waals surface area (Å²) in [4.78, 5) is 36.6. The highest BCUT2D eigenvalue weighted by Gasteiger charge is 2.22. The summed E-state index contributed by atoms with van der Waals surface area (Å²) in [6.07, 6.45) is 5.19. The molecule has 156 valence electrons. The molecule has 3 heterocycles. The fourth-order valence-corrected chi connectivity index (χ4v) is 2.63. The summed E-state index contributed by atoms with van der Waals surface area (Å²) in [5.41, 5.74) is 2.62. The van der Waals surface area contributed by atoms with Gasteiger partial charge >= 0.3 is 0 Å². The molecule has 0 spiro atoms. The Hall–Kier alpha value is -2.71. The number of nitrogens with zero attached hydrogens (tertiary/aromatic N) is 3. The molecule has 1 aliphatic rings. The lowest BCUT2D eigenvalue weighted by Gasteiger charge is -2.27. The van der Waals surface area contributed by atoms with Crippen molar-refractivity contribution in [2.75, 3.05) is 25.0 Å². The molecule has 0 saturated carbocycles. The molecular formula is C20H34N6O2. The number of carbonyl (C=O) groups excluding carboxylic acids is 2. The molecule has 0 bridgehead atoms. The van der Waals surface area contributed by atoms with Gasteiger partial charge in [-0.05, 0) is 17.7 Å². The predicted molar refractivity (Wildman–Crippen MR) is 115 cm³/mol. The van der Waals surface area contributed by atoms with Gasteiger partial charge in [-0.15, -0.1) is 0 Å². The fourth-order valence-electron chi connectivity index (χ4n) is 2.63. The van der Waals surface area contributed by atoms with Crippen molar-refractivity contribution in [3.8, 4) is 0 Å². The van der Waals surface area contributed by atoms with Crippen LogP contribution in [0.4, 0.5) is 5.69 Å². The number of aromatic nitrogens is 3. The van der Waals surface area contributed by atoms with E-state index in [0.29, 0.717) is 30.3 Å². The highest BCUT2D eigenvalue weighted by Crippen LogP contribution is 2.24. The number of anilines is 1. The van der Waals surface area contributed by atoms with Crippen LogP contribution >= 0.6 is 0 Å². The molecule has 8 heteroatoms. The van der Waals surface area contributed by atoms with Crippen LogP contribution in [0.3, 0.4) is 0 Å². The van der Waals surface area contributed by atoms with E-state index >= 15 is 0 Å². The van der Waals surface area contributed by atoms with Crippen molar-refractivity contribution in [3.63, 3.8) is 0 Å². The number of hydrogen-bond donors (Lipinski definition) is 3. The quantitative estimate of drug-likeness (QED) is 0.595. The molecule has 0 radical (unpaired) electrons. The third-order valence-corrected chi connectivity index (χ3v) is 4.26. The van der Waals surface area contributed by atoms with Crippen LogP contribution in [0.1, 0.15) is 59.1 Å². The third-order valence-electron chi connectivity index (χ3n) is 4.26. The van der Waals surface area contributed by atoms with E-state index in [-0.39, 0.29) is 22.5 Å². The van der Waals surface area contributed by atoms with E-state index in [0.717, 1.165) is 24.3 Å². The van der Waals surface area contributed by atoms with Crippen LogP contribution in [0.25, 0.3) is 0 Å². The lowest BCUT2D eigenvalue weighted by atomic mass is 9.94. The first-order chi connectivity index (χ1) is 13.7. The molecule has 1 aliphatic heterocycles. The van der Waals surface area contributed by atoms with Crippen molar-refractivity contribution < 1.29 is 13.9 Å². The Bertz CT molecular complexity index is 792. The third kappa shape index (κ3) is 5.90. The summed E-state index contributed by atoms with van der Waals surface area (Å²) in [5.74, 6) is 0.0576. The van der Waals surface area contributed by atoms with Crippen LogP contribution < -0.4 is 16.0 Å². The lowest BCUT2D eigenvalue weighted by Crippen LogP contribution is -2.40. The maximum absolute atomic E-state index is 12.3. The second kappa shape index (κ2) is 11.2. The monoisotopic (exact) mass is 390 g/mol. The van der Waals surface area contributed by atoms with Crippen molar-refractivity contribution in [1.29, 1.82) is 0 Å². The van der Waals surface area contributed by atoms with E-state index in [2.05, 4.69) is 30.9 Å². The molecule has 1 amide bonds. The normalized spacial score (nSPS) is 13.1. The number of Topliss-reactive ketones (excluding diaryl/α,β-unsaturated/α-hetero) is 1. The van der Waals surface area contributed by atoms with E-state index in [1.807, 2.05) is 19.9 Å². The number of hydrogen-bond acceptors (Lipinski definition) is 7. The number of amides is 1. The minimum absolute atomic E-state index is 0. The smallest absolute Gasteiger partial charge is 0.238 e. The first-order valence-electron chi connectivity index (χ1n) is 9.66. The standard InChI is InChI=1S/C18H22N6O2.C2H6.3H2/c1-2-16(25)18-15(5-12(8-22-18)13-6-20-7-13)24-17(26)10-21-9-14-3-4-19-11-23-14;1-2;;;/h3-5,8,11,13,20-21H,2,6-7,9-10H2,1H3,(H,24,26);1-2H3;3*1H. The van der Waals surface area contributed by atoms with E-state index in [1.165, 1.54) is 6.33 Å². The number of nitrogens with one attached hydrogen (secondary N) is 3. The number of carbonyl (C=O) groups is 2. The molecule has 28 heavy (non-hydrogen) atoms. The Morgan fingerprint density at radius 2 is 2.07 bits per heavy atom. The van der Waals surface area contributed by atoms with Gasteiger partial charge in [0.25, 0.3) is 0 Å². The summed E-state index contributed by atoms with van der Waals surface area (Å²) < 4.78 is 0. The van der Waals surface area contributed by atoms with Crippen LogP contribution in [-0.4, -0.2) is 46.3 Å². The Labute approximate surface area is 170 Å². The van der Waals surface area contributed by atoms with Crippen molar-refractivity contribution in [3.05, 3.63) is 47.8 Å². The summed E-state index contributed by atoms with van der Waals surface area (Å²) in [5, 5.41) is 9.05.